The summed E-state index contributed by atoms with van der Waals surface area (Å²) in [5, 5.41) is 0. The van der Waals surface area contributed by atoms with Crippen LogP contribution in [0.15, 0.2) is 66.8 Å². The standard InChI is InChI=1S/C43H70O3/c1-3-5-7-9-11-13-15-17-19-21-23-25-27-29-31-33-37-45-42-36-35-41(40-44)39-43(42)46-38-34-32-30-28-26-24-22-20-18-16-14-12-10-8-6-4-2/h11-14,17-20,35-36,39-40H,3-10,15-16,21-34,37-38H2,1-2H3. The molecule has 0 fully saturated rings. The summed E-state index contributed by atoms with van der Waals surface area (Å²) < 4.78 is 12.1. The molecule has 0 aliphatic heterocycles. The Morgan fingerprint density at radius 3 is 1.28 bits per heavy atom. The normalized spacial score (nSPS) is 12.0. The van der Waals surface area contributed by atoms with Crippen molar-refractivity contribution in [2.24, 2.45) is 0 Å². The van der Waals surface area contributed by atoms with Crippen LogP contribution in [0.5, 0.6) is 11.5 Å². The molecule has 0 saturated heterocycles. The fourth-order valence-corrected chi connectivity index (χ4v) is 5.37. The van der Waals surface area contributed by atoms with Crippen molar-refractivity contribution in [3.8, 4) is 11.5 Å². The number of allylic oxidation sites excluding steroid dienone is 8. The maximum absolute atomic E-state index is 11.3. The van der Waals surface area contributed by atoms with Crippen LogP contribution >= 0.6 is 0 Å². The van der Waals surface area contributed by atoms with Crippen molar-refractivity contribution in [3.63, 3.8) is 0 Å². The SMILES string of the molecule is CCCCCC=CCC=CCCCCCCCCOc1ccc(C=O)cc1OCCCCCCCCC=CCC=CCCCCC. The number of hydrogen-bond donors (Lipinski definition) is 0. The molecule has 0 aromatic heterocycles. The molecule has 0 heterocycles. The molecule has 0 aliphatic carbocycles. The second kappa shape index (κ2) is 33.8. The number of ether oxygens (including phenoxy) is 2. The minimum Gasteiger partial charge on any atom is -0.490 e. The first-order valence-corrected chi connectivity index (χ1v) is 19.3. The highest BCUT2D eigenvalue weighted by atomic mass is 16.5. The van der Waals surface area contributed by atoms with E-state index in [1.807, 2.05) is 18.2 Å². The highest BCUT2D eigenvalue weighted by Gasteiger charge is 2.07. The average Bonchev–Trinajstić information content (AvgIpc) is 3.07. The lowest BCUT2D eigenvalue weighted by Crippen LogP contribution is -2.03. The first-order valence-electron chi connectivity index (χ1n) is 19.3. The van der Waals surface area contributed by atoms with Crippen LogP contribution in [0.1, 0.15) is 178 Å². The Labute approximate surface area is 285 Å². The zero-order chi connectivity index (χ0) is 33.0. The topological polar surface area (TPSA) is 35.5 Å². The van der Waals surface area contributed by atoms with Crippen molar-refractivity contribution in [2.45, 2.75) is 168 Å². The predicted octanol–water partition coefficient (Wildman–Crippen LogP) is 13.9. The van der Waals surface area contributed by atoms with Crippen LogP contribution < -0.4 is 9.47 Å². The summed E-state index contributed by atoms with van der Waals surface area (Å²) in [5.74, 6) is 1.46. The van der Waals surface area contributed by atoms with Gasteiger partial charge in [-0.1, -0.05) is 140 Å². The molecular weight excluding hydrogens is 564 g/mol. The summed E-state index contributed by atoms with van der Waals surface area (Å²) in [5.41, 5.74) is 0.633. The van der Waals surface area contributed by atoms with E-state index in [1.54, 1.807) is 0 Å². The predicted molar refractivity (Wildman–Crippen MR) is 202 cm³/mol. The molecule has 1 aromatic carbocycles. The number of rotatable bonds is 33. The minimum absolute atomic E-state index is 0.633. The number of benzene rings is 1. The second-order valence-electron chi connectivity index (χ2n) is 12.7. The van der Waals surface area contributed by atoms with Crippen LogP contribution in [0.3, 0.4) is 0 Å². The second-order valence-corrected chi connectivity index (χ2v) is 12.7. The van der Waals surface area contributed by atoms with E-state index in [9.17, 15) is 4.79 Å². The number of carbonyl (C=O) groups is 1. The van der Waals surface area contributed by atoms with Gasteiger partial charge in [-0.25, -0.2) is 0 Å². The zero-order valence-electron chi connectivity index (χ0n) is 30.0. The quantitative estimate of drug-likeness (QED) is 0.0438. The third kappa shape index (κ3) is 26.6. The molecule has 0 aliphatic rings. The molecule has 3 nitrogen and oxygen atoms in total. The van der Waals surface area contributed by atoms with E-state index >= 15 is 0 Å². The molecule has 0 N–H and O–H groups in total. The Bertz CT molecular complexity index is 926. The molecule has 0 amide bonds. The molecule has 0 unspecified atom stereocenters. The van der Waals surface area contributed by atoms with E-state index in [4.69, 9.17) is 9.47 Å². The van der Waals surface area contributed by atoms with Gasteiger partial charge in [0.15, 0.2) is 11.5 Å². The highest BCUT2D eigenvalue weighted by Crippen LogP contribution is 2.29. The monoisotopic (exact) mass is 635 g/mol. The maximum atomic E-state index is 11.3. The summed E-state index contributed by atoms with van der Waals surface area (Å²) >= 11 is 0. The fraction of sp³-hybridized carbons (Fsp3) is 0.651. The van der Waals surface area contributed by atoms with E-state index in [1.165, 1.54) is 128 Å². The molecule has 1 rings (SSSR count). The van der Waals surface area contributed by atoms with Crippen LogP contribution in [0, 0.1) is 0 Å². The van der Waals surface area contributed by atoms with Gasteiger partial charge >= 0.3 is 0 Å². The van der Waals surface area contributed by atoms with E-state index in [-0.39, 0.29) is 0 Å². The zero-order valence-corrected chi connectivity index (χ0v) is 30.0. The van der Waals surface area contributed by atoms with Crippen molar-refractivity contribution in [1.29, 1.82) is 0 Å². The molecule has 260 valence electrons. The lowest BCUT2D eigenvalue weighted by atomic mass is 10.1. The summed E-state index contributed by atoms with van der Waals surface area (Å²) in [7, 11) is 0. The van der Waals surface area contributed by atoms with Gasteiger partial charge in [0.2, 0.25) is 0 Å². The van der Waals surface area contributed by atoms with Crippen molar-refractivity contribution in [1.82, 2.24) is 0 Å². The van der Waals surface area contributed by atoms with Crippen LogP contribution in [-0.2, 0) is 0 Å². The fourth-order valence-electron chi connectivity index (χ4n) is 5.37. The highest BCUT2D eigenvalue weighted by molar-refractivity contribution is 5.76. The Balaban J connectivity index is 2.06. The van der Waals surface area contributed by atoms with Crippen LogP contribution in [-0.4, -0.2) is 19.5 Å². The van der Waals surface area contributed by atoms with Gasteiger partial charge in [-0.05, 0) is 95.2 Å². The average molecular weight is 635 g/mol. The molecule has 0 saturated carbocycles. The van der Waals surface area contributed by atoms with Crippen molar-refractivity contribution < 1.29 is 14.3 Å². The lowest BCUT2D eigenvalue weighted by Gasteiger charge is -2.13. The Morgan fingerprint density at radius 2 is 0.848 bits per heavy atom. The first-order chi connectivity index (χ1) is 22.8. The van der Waals surface area contributed by atoms with Gasteiger partial charge in [-0.2, -0.15) is 0 Å². The minimum atomic E-state index is 0.633. The Hall–Kier alpha value is -2.55. The van der Waals surface area contributed by atoms with Crippen LogP contribution in [0.4, 0.5) is 0 Å². The van der Waals surface area contributed by atoms with Crippen molar-refractivity contribution in [2.75, 3.05) is 13.2 Å². The molecule has 3 heteroatoms. The largest absolute Gasteiger partial charge is 0.490 e. The number of carbonyl (C=O) groups excluding carboxylic acids is 1. The van der Waals surface area contributed by atoms with E-state index in [0.29, 0.717) is 24.5 Å². The van der Waals surface area contributed by atoms with Gasteiger partial charge in [0, 0.05) is 5.56 Å². The van der Waals surface area contributed by atoms with Gasteiger partial charge < -0.3 is 9.47 Å². The summed E-state index contributed by atoms with van der Waals surface area (Å²) in [6.45, 7) is 5.86. The van der Waals surface area contributed by atoms with E-state index < -0.39 is 0 Å². The third-order valence-electron chi connectivity index (χ3n) is 8.31. The van der Waals surface area contributed by atoms with Gasteiger partial charge in [0.1, 0.15) is 6.29 Å². The van der Waals surface area contributed by atoms with E-state index in [2.05, 4.69) is 62.5 Å². The van der Waals surface area contributed by atoms with Gasteiger partial charge in [0.25, 0.3) is 0 Å². The summed E-state index contributed by atoms with van der Waals surface area (Å²) in [6.07, 6.45) is 49.1. The number of unbranched alkanes of at least 4 members (excludes halogenated alkanes) is 18. The van der Waals surface area contributed by atoms with Crippen LogP contribution in [0.25, 0.3) is 0 Å². The summed E-state index contributed by atoms with van der Waals surface area (Å²) in [6, 6.07) is 5.51. The van der Waals surface area contributed by atoms with Crippen LogP contribution in [0.2, 0.25) is 0 Å². The smallest absolute Gasteiger partial charge is 0.161 e. The third-order valence-corrected chi connectivity index (χ3v) is 8.31. The van der Waals surface area contributed by atoms with Gasteiger partial charge in [0.05, 0.1) is 13.2 Å². The molecule has 0 bridgehead atoms. The number of aldehydes is 1. The molecule has 0 atom stereocenters. The molecule has 0 spiro atoms. The molecule has 1 aromatic rings. The van der Waals surface area contributed by atoms with Crippen molar-refractivity contribution >= 4 is 6.29 Å². The lowest BCUT2D eigenvalue weighted by molar-refractivity contribution is 0.112. The Kier molecular flexibility index (Phi) is 30.5. The molecule has 46 heavy (non-hydrogen) atoms. The Morgan fingerprint density at radius 1 is 0.457 bits per heavy atom. The number of hydrogen-bond acceptors (Lipinski definition) is 3. The van der Waals surface area contributed by atoms with Gasteiger partial charge in [-0.15, -0.1) is 0 Å². The van der Waals surface area contributed by atoms with Gasteiger partial charge in [-0.3, -0.25) is 4.79 Å². The summed E-state index contributed by atoms with van der Waals surface area (Å²) in [4.78, 5) is 11.3. The molecule has 0 radical (unpaired) electrons. The first kappa shape index (κ1) is 41.5. The van der Waals surface area contributed by atoms with Crippen molar-refractivity contribution in [3.05, 3.63) is 72.4 Å². The van der Waals surface area contributed by atoms with E-state index in [0.717, 1.165) is 37.7 Å². The molecular formula is C43H70O3. The maximum Gasteiger partial charge on any atom is 0.161 e.